The number of phenolic OH excluding ortho intramolecular Hbond substituents is 1. The molecule has 2 aromatic carbocycles. The van der Waals surface area contributed by atoms with Crippen molar-refractivity contribution in [1.29, 1.82) is 0 Å². The maximum Gasteiger partial charge on any atom is 0.162 e. The highest BCUT2D eigenvalue weighted by Crippen LogP contribution is 2.31. The predicted molar refractivity (Wildman–Crippen MR) is 85.4 cm³/mol. The minimum Gasteiger partial charge on any atom is -0.504 e. The number of benzene rings is 2. The van der Waals surface area contributed by atoms with E-state index in [9.17, 15) is 9.50 Å². The maximum absolute atomic E-state index is 13.6. The molecule has 0 aliphatic carbocycles. The highest BCUT2D eigenvalue weighted by atomic mass is 79.9. The van der Waals surface area contributed by atoms with Gasteiger partial charge in [0, 0.05) is 17.8 Å². The second kappa shape index (κ2) is 6.80. The molecule has 0 amide bonds. The third kappa shape index (κ3) is 3.67. The van der Waals surface area contributed by atoms with Crippen LogP contribution in [-0.4, -0.2) is 11.7 Å². The highest BCUT2D eigenvalue weighted by molar-refractivity contribution is 9.10. The van der Waals surface area contributed by atoms with Crippen LogP contribution in [0.25, 0.3) is 0 Å². The van der Waals surface area contributed by atoms with Gasteiger partial charge in [-0.25, -0.2) is 4.39 Å². The molecule has 5 heteroatoms. The summed E-state index contributed by atoms with van der Waals surface area (Å²) in [5.74, 6) is 0.244. The largest absolute Gasteiger partial charge is 0.504 e. The first kappa shape index (κ1) is 15.6. The number of hydrogen-bond donors (Lipinski definition) is 2. The van der Waals surface area contributed by atoms with Crippen molar-refractivity contribution in [2.45, 2.75) is 20.4 Å². The van der Waals surface area contributed by atoms with Crippen molar-refractivity contribution >= 4 is 21.6 Å². The van der Waals surface area contributed by atoms with E-state index in [1.165, 1.54) is 6.07 Å². The van der Waals surface area contributed by atoms with Crippen LogP contribution in [0.1, 0.15) is 18.1 Å². The minimum atomic E-state index is -0.324. The summed E-state index contributed by atoms with van der Waals surface area (Å²) in [6.45, 7) is 4.62. The summed E-state index contributed by atoms with van der Waals surface area (Å²) in [5, 5.41) is 13.3. The van der Waals surface area contributed by atoms with Crippen molar-refractivity contribution in [3.8, 4) is 11.5 Å². The molecule has 0 bridgehead atoms. The molecule has 0 saturated heterocycles. The van der Waals surface area contributed by atoms with Gasteiger partial charge in [-0.1, -0.05) is 12.1 Å². The van der Waals surface area contributed by atoms with Gasteiger partial charge in [0.1, 0.15) is 5.82 Å². The normalized spacial score (nSPS) is 10.5. The zero-order valence-corrected chi connectivity index (χ0v) is 13.5. The topological polar surface area (TPSA) is 41.5 Å². The van der Waals surface area contributed by atoms with Crippen LogP contribution in [0.2, 0.25) is 0 Å². The Morgan fingerprint density at radius 1 is 1.33 bits per heavy atom. The zero-order chi connectivity index (χ0) is 15.4. The second-order valence-corrected chi connectivity index (χ2v) is 5.49. The number of anilines is 1. The summed E-state index contributed by atoms with van der Waals surface area (Å²) < 4.78 is 19.4. The van der Waals surface area contributed by atoms with Crippen molar-refractivity contribution < 1.29 is 14.2 Å². The standard InChI is InChI=1S/C16H17BrFNO2/c1-3-21-15-6-4-5-11(16(15)20)9-19-14-8-13(18)12(17)7-10(14)2/h4-8,19-20H,3,9H2,1-2H3. The van der Waals surface area contributed by atoms with Crippen molar-refractivity contribution in [2.24, 2.45) is 0 Å². The zero-order valence-electron chi connectivity index (χ0n) is 11.9. The number of hydrogen-bond acceptors (Lipinski definition) is 3. The first-order valence-electron chi connectivity index (χ1n) is 6.66. The van der Waals surface area contributed by atoms with Gasteiger partial charge in [0.2, 0.25) is 0 Å². The average Bonchev–Trinajstić information content (AvgIpc) is 2.45. The summed E-state index contributed by atoms with van der Waals surface area (Å²) in [4.78, 5) is 0. The predicted octanol–water partition coefficient (Wildman–Crippen LogP) is 4.61. The molecule has 2 aromatic rings. The summed E-state index contributed by atoms with van der Waals surface area (Å²) in [5.41, 5.74) is 2.31. The van der Waals surface area contributed by atoms with Gasteiger partial charge in [0.05, 0.1) is 11.1 Å². The molecule has 3 nitrogen and oxygen atoms in total. The molecule has 0 aromatic heterocycles. The van der Waals surface area contributed by atoms with Crippen molar-refractivity contribution in [1.82, 2.24) is 0 Å². The Labute approximate surface area is 131 Å². The Balaban J connectivity index is 2.17. The van der Waals surface area contributed by atoms with Gasteiger partial charge in [0.15, 0.2) is 11.5 Å². The average molecular weight is 354 g/mol. The van der Waals surface area contributed by atoms with Crippen LogP contribution in [0.15, 0.2) is 34.8 Å². The van der Waals surface area contributed by atoms with E-state index in [2.05, 4.69) is 21.2 Å². The summed E-state index contributed by atoms with van der Waals surface area (Å²) >= 11 is 3.16. The lowest BCUT2D eigenvalue weighted by Gasteiger charge is -2.13. The number of para-hydroxylation sites is 1. The van der Waals surface area contributed by atoms with Crippen molar-refractivity contribution in [2.75, 3.05) is 11.9 Å². The fourth-order valence-corrected chi connectivity index (χ4v) is 2.47. The van der Waals surface area contributed by atoms with E-state index in [1.807, 2.05) is 19.9 Å². The van der Waals surface area contributed by atoms with Gasteiger partial charge in [-0.15, -0.1) is 0 Å². The number of rotatable bonds is 5. The van der Waals surface area contributed by atoms with E-state index < -0.39 is 0 Å². The number of halogens is 2. The molecule has 0 saturated carbocycles. The van der Waals surface area contributed by atoms with Crippen molar-refractivity contribution in [3.05, 3.63) is 51.7 Å². The molecule has 0 spiro atoms. The first-order valence-corrected chi connectivity index (χ1v) is 7.45. The minimum absolute atomic E-state index is 0.113. The van der Waals surface area contributed by atoms with Gasteiger partial charge < -0.3 is 15.2 Å². The number of phenols is 1. The molecule has 2 rings (SSSR count). The van der Waals surface area contributed by atoms with Crippen LogP contribution < -0.4 is 10.1 Å². The van der Waals surface area contributed by atoms with E-state index in [1.54, 1.807) is 18.2 Å². The van der Waals surface area contributed by atoms with Gasteiger partial charge in [-0.2, -0.15) is 0 Å². The Hall–Kier alpha value is -1.75. The maximum atomic E-state index is 13.6. The van der Waals surface area contributed by atoms with E-state index in [-0.39, 0.29) is 11.6 Å². The Morgan fingerprint density at radius 2 is 2.10 bits per heavy atom. The highest BCUT2D eigenvalue weighted by Gasteiger charge is 2.09. The molecular weight excluding hydrogens is 337 g/mol. The lowest BCUT2D eigenvalue weighted by atomic mass is 10.1. The SMILES string of the molecule is CCOc1cccc(CNc2cc(F)c(Br)cc2C)c1O. The van der Waals surface area contributed by atoms with Gasteiger partial charge in [0.25, 0.3) is 0 Å². The molecule has 21 heavy (non-hydrogen) atoms. The molecular formula is C16H17BrFNO2. The Kier molecular flexibility index (Phi) is 5.07. The Bertz CT molecular complexity index is 646. The molecule has 0 radical (unpaired) electrons. The Morgan fingerprint density at radius 3 is 2.81 bits per heavy atom. The quantitative estimate of drug-likeness (QED) is 0.824. The molecule has 0 aliphatic rings. The number of aryl methyl sites for hydroxylation is 1. The summed E-state index contributed by atoms with van der Waals surface area (Å²) in [6.07, 6.45) is 0. The van der Waals surface area contributed by atoms with Crippen LogP contribution in [-0.2, 0) is 6.54 Å². The molecule has 0 heterocycles. The van der Waals surface area contributed by atoms with E-state index in [4.69, 9.17) is 4.74 Å². The monoisotopic (exact) mass is 353 g/mol. The third-order valence-corrected chi connectivity index (χ3v) is 3.73. The lowest BCUT2D eigenvalue weighted by Crippen LogP contribution is -2.03. The van der Waals surface area contributed by atoms with Crippen LogP contribution in [0.3, 0.4) is 0 Å². The fourth-order valence-electron chi connectivity index (χ4n) is 2.01. The van der Waals surface area contributed by atoms with Gasteiger partial charge in [-0.05, 0) is 53.5 Å². The van der Waals surface area contributed by atoms with Crippen molar-refractivity contribution in [3.63, 3.8) is 0 Å². The van der Waals surface area contributed by atoms with E-state index in [0.29, 0.717) is 34.6 Å². The molecule has 0 unspecified atom stereocenters. The third-order valence-electron chi connectivity index (χ3n) is 3.12. The molecule has 0 fully saturated rings. The van der Waals surface area contributed by atoms with Gasteiger partial charge in [-0.3, -0.25) is 0 Å². The van der Waals surface area contributed by atoms with Crippen LogP contribution >= 0.6 is 15.9 Å². The number of aromatic hydroxyl groups is 1. The van der Waals surface area contributed by atoms with Crippen LogP contribution in [0.5, 0.6) is 11.5 Å². The summed E-state index contributed by atoms with van der Waals surface area (Å²) in [6, 6.07) is 8.48. The second-order valence-electron chi connectivity index (χ2n) is 4.63. The first-order chi connectivity index (χ1) is 10.0. The molecule has 0 atom stereocenters. The summed E-state index contributed by atoms with van der Waals surface area (Å²) in [7, 11) is 0. The van der Waals surface area contributed by atoms with Gasteiger partial charge >= 0.3 is 0 Å². The number of nitrogens with one attached hydrogen (secondary N) is 1. The van der Waals surface area contributed by atoms with Crippen LogP contribution in [0.4, 0.5) is 10.1 Å². The smallest absolute Gasteiger partial charge is 0.162 e. The molecule has 112 valence electrons. The molecule has 2 N–H and O–H groups in total. The van der Waals surface area contributed by atoms with E-state index >= 15 is 0 Å². The van der Waals surface area contributed by atoms with E-state index in [0.717, 1.165) is 5.56 Å². The fraction of sp³-hybridized carbons (Fsp3) is 0.250. The number of ether oxygens (including phenoxy) is 1. The molecule has 0 aliphatic heterocycles. The van der Waals surface area contributed by atoms with Crippen LogP contribution in [0, 0.1) is 12.7 Å². The lowest BCUT2D eigenvalue weighted by molar-refractivity contribution is 0.317.